The molecule has 1 heterocycles. The second kappa shape index (κ2) is 5.51. The Bertz CT molecular complexity index is 661. The van der Waals surface area contributed by atoms with Crippen LogP contribution in [0.2, 0.25) is 0 Å². The van der Waals surface area contributed by atoms with Crippen LogP contribution in [0.25, 0.3) is 0 Å². The van der Waals surface area contributed by atoms with Gasteiger partial charge in [-0.3, -0.25) is 4.21 Å². The van der Waals surface area contributed by atoms with Crippen LogP contribution < -0.4 is 10.0 Å². The van der Waals surface area contributed by atoms with Crippen molar-refractivity contribution in [1.82, 2.24) is 0 Å². The number of nitrogens with two attached hydrogens (primary N) is 1. The van der Waals surface area contributed by atoms with Gasteiger partial charge in [0.25, 0.3) is 0 Å². The minimum Gasteiger partial charge on any atom is -0.478 e. The summed E-state index contributed by atoms with van der Waals surface area (Å²) in [6.45, 7) is 0.948. The first-order valence-corrected chi connectivity index (χ1v) is 8.82. The Morgan fingerprint density at radius 1 is 1.30 bits per heavy atom. The second-order valence-electron chi connectivity index (χ2n) is 4.36. The van der Waals surface area contributed by atoms with Gasteiger partial charge in [-0.05, 0) is 18.2 Å². The predicted octanol–water partition coefficient (Wildman–Crippen LogP) is -0.399. The molecule has 3 N–H and O–H groups in total. The minimum absolute atomic E-state index is 0.121. The van der Waals surface area contributed by atoms with E-state index in [1.807, 2.05) is 0 Å². The van der Waals surface area contributed by atoms with E-state index in [4.69, 9.17) is 5.14 Å². The average molecular weight is 318 g/mol. The van der Waals surface area contributed by atoms with Crippen LogP contribution in [0.15, 0.2) is 23.1 Å². The molecule has 0 atom stereocenters. The molecule has 1 aromatic rings. The molecule has 9 heteroatoms. The van der Waals surface area contributed by atoms with E-state index < -0.39 is 26.8 Å². The van der Waals surface area contributed by atoms with E-state index in [0.29, 0.717) is 30.3 Å². The highest BCUT2D eigenvalue weighted by atomic mass is 32.2. The summed E-state index contributed by atoms with van der Waals surface area (Å²) in [5.74, 6) is -0.288. The van der Waals surface area contributed by atoms with E-state index in [1.54, 1.807) is 4.90 Å². The molecule has 7 nitrogen and oxygen atoms in total. The lowest BCUT2D eigenvalue weighted by Gasteiger charge is -2.29. The van der Waals surface area contributed by atoms with Crippen LogP contribution in [0.3, 0.4) is 0 Å². The summed E-state index contributed by atoms with van der Waals surface area (Å²) < 4.78 is 33.9. The van der Waals surface area contributed by atoms with Gasteiger partial charge >= 0.3 is 5.97 Å². The van der Waals surface area contributed by atoms with E-state index in [-0.39, 0.29) is 10.5 Å². The van der Waals surface area contributed by atoms with E-state index >= 15 is 0 Å². The molecular weight excluding hydrogens is 304 g/mol. The van der Waals surface area contributed by atoms with Crippen molar-refractivity contribution >= 4 is 32.5 Å². The standard InChI is InChI=1S/C11H14N2O5S2/c12-20(17,18)8-1-2-10(9(7-8)11(14)15)13-3-5-19(16)6-4-13/h1-2,7H,3-6H2,(H,14,15)(H2,12,17,18). The summed E-state index contributed by atoms with van der Waals surface area (Å²) in [4.78, 5) is 12.8. The van der Waals surface area contributed by atoms with Crippen LogP contribution >= 0.6 is 0 Å². The fraction of sp³-hybridized carbons (Fsp3) is 0.364. The molecule has 0 spiro atoms. The van der Waals surface area contributed by atoms with Gasteiger partial charge in [-0.25, -0.2) is 18.4 Å². The van der Waals surface area contributed by atoms with E-state index in [0.717, 1.165) is 6.07 Å². The molecule has 0 amide bonds. The van der Waals surface area contributed by atoms with Gasteiger partial charge < -0.3 is 10.0 Å². The van der Waals surface area contributed by atoms with Gasteiger partial charge in [-0.15, -0.1) is 0 Å². The molecule has 0 saturated carbocycles. The number of hydrogen-bond acceptors (Lipinski definition) is 5. The van der Waals surface area contributed by atoms with Gasteiger partial charge in [0.1, 0.15) is 0 Å². The first kappa shape index (κ1) is 14.9. The highest BCUT2D eigenvalue weighted by Gasteiger charge is 2.22. The Labute approximate surface area is 118 Å². The molecule has 0 radical (unpaired) electrons. The lowest BCUT2D eigenvalue weighted by Crippen LogP contribution is -2.38. The molecule has 1 saturated heterocycles. The Morgan fingerprint density at radius 2 is 1.90 bits per heavy atom. The zero-order valence-corrected chi connectivity index (χ0v) is 12.1. The lowest BCUT2D eigenvalue weighted by molar-refractivity contribution is 0.0697. The number of nitrogens with zero attached hydrogens (tertiary/aromatic N) is 1. The van der Waals surface area contributed by atoms with Crippen LogP contribution in [-0.2, 0) is 20.8 Å². The number of aromatic carboxylic acids is 1. The molecule has 0 unspecified atom stereocenters. The number of carboxylic acids is 1. The number of benzene rings is 1. The summed E-state index contributed by atoms with van der Waals surface area (Å²) in [7, 11) is -4.82. The van der Waals surface area contributed by atoms with Crippen LogP contribution in [0.1, 0.15) is 10.4 Å². The van der Waals surface area contributed by atoms with Crippen molar-refractivity contribution in [3.8, 4) is 0 Å². The van der Waals surface area contributed by atoms with E-state index in [9.17, 15) is 22.5 Å². The number of primary sulfonamides is 1. The topological polar surface area (TPSA) is 118 Å². The molecule has 0 aromatic heterocycles. The Hall–Kier alpha value is -1.45. The Kier molecular flexibility index (Phi) is 4.11. The summed E-state index contributed by atoms with van der Waals surface area (Å²) in [6.07, 6.45) is 0. The SMILES string of the molecule is NS(=O)(=O)c1ccc(N2CCS(=O)CC2)c(C(=O)O)c1. The van der Waals surface area contributed by atoms with Gasteiger partial charge in [0, 0.05) is 35.4 Å². The van der Waals surface area contributed by atoms with Crippen molar-refractivity contribution in [2.45, 2.75) is 4.90 Å². The first-order chi connectivity index (χ1) is 9.29. The van der Waals surface area contributed by atoms with Crippen molar-refractivity contribution in [3.05, 3.63) is 23.8 Å². The van der Waals surface area contributed by atoms with Crippen molar-refractivity contribution < 1.29 is 22.5 Å². The Balaban J connectivity index is 2.43. The number of rotatable bonds is 3. The second-order valence-corrected chi connectivity index (χ2v) is 7.62. The van der Waals surface area contributed by atoms with Crippen LogP contribution in [0.4, 0.5) is 5.69 Å². The summed E-state index contributed by atoms with van der Waals surface area (Å²) in [5, 5.41) is 14.2. The largest absolute Gasteiger partial charge is 0.478 e. The molecule has 1 aliphatic heterocycles. The van der Waals surface area contributed by atoms with Crippen LogP contribution in [0.5, 0.6) is 0 Å². The van der Waals surface area contributed by atoms with Gasteiger partial charge in [0.2, 0.25) is 10.0 Å². The third-order valence-corrected chi connectivity index (χ3v) is 5.23. The van der Waals surface area contributed by atoms with Crippen molar-refractivity contribution in [2.75, 3.05) is 29.5 Å². The zero-order chi connectivity index (χ0) is 14.9. The van der Waals surface area contributed by atoms with E-state index in [1.165, 1.54) is 12.1 Å². The van der Waals surface area contributed by atoms with Crippen molar-refractivity contribution in [3.63, 3.8) is 0 Å². The third-order valence-electron chi connectivity index (χ3n) is 3.05. The zero-order valence-electron chi connectivity index (χ0n) is 10.5. The molecule has 110 valence electrons. The highest BCUT2D eigenvalue weighted by Crippen LogP contribution is 2.25. The molecule has 1 aromatic carbocycles. The van der Waals surface area contributed by atoms with Gasteiger partial charge in [0.05, 0.1) is 16.1 Å². The molecule has 0 bridgehead atoms. The molecular formula is C11H14N2O5S2. The lowest BCUT2D eigenvalue weighted by atomic mass is 10.1. The monoisotopic (exact) mass is 318 g/mol. The summed E-state index contributed by atoms with van der Waals surface area (Å²) in [5.41, 5.74) is 0.297. The third kappa shape index (κ3) is 3.17. The molecule has 0 aliphatic carbocycles. The highest BCUT2D eigenvalue weighted by molar-refractivity contribution is 7.89. The molecule has 1 aliphatic rings. The van der Waals surface area contributed by atoms with Gasteiger partial charge in [-0.2, -0.15) is 0 Å². The first-order valence-electron chi connectivity index (χ1n) is 5.79. The van der Waals surface area contributed by atoms with Gasteiger partial charge in [-0.1, -0.05) is 0 Å². The quantitative estimate of drug-likeness (QED) is 0.783. The molecule has 20 heavy (non-hydrogen) atoms. The maximum Gasteiger partial charge on any atom is 0.337 e. The number of sulfonamides is 1. The maximum atomic E-state index is 11.3. The minimum atomic E-state index is -3.95. The fourth-order valence-electron chi connectivity index (χ4n) is 2.02. The normalized spacial score (nSPS) is 17.1. The van der Waals surface area contributed by atoms with Crippen molar-refractivity contribution in [2.24, 2.45) is 5.14 Å². The number of hydrogen-bond donors (Lipinski definition) is 2. The average Bonchev–Trinajstić information content (AvgIpc) is 2.38. The molecule has 1 fully saturated rings. The summed E-state index contributed by atoms with van der Waals surface area (Å²) in [6, 6.07) is 3.76. The van der Waals surface area contributed by atoms with Gasteiger partial charge in [0.15, 0.2) is 0 Å². The fourth-order valence-corrected chi connectivity index (χ4v) is 3.61. The predicted molar refractivity (Wildman–Crippen MR) is 74.9 cm³/mol. The number of carboxylic acid groups (broad SMARTS) is 1. The molecule has 2 rings (SSSR count). The number of carbonyl (C=O) groups is 1. The maximum absolute atomic E-state index is 11.3. The van der Waals surface area contributed by atoms with Crippen LogP contribution in [0, 0.1) is 0 Å². The van der Waals surface area contributed by atoms with Crippen LogP contribution in [-0.4, -0.2) is 48.3 Å². The number of anilines is 1. The van der Waals surface area contributed by atoms with Crippen molar-refractivity contribution in [1.29, 1.82) is 0 Å². The Morgan fingerprint density at radius 3 is 2.40 bits per heavy atom. The van der Waals surface area contributed by atoms with E-state index in [2.05, 4.69) is 0 Å². The summed E-state index contributed by atoms with van der Waals surface area (Å²) >= 11 is 0. The smallest absolute Gasteiger partial charge is 0.337 e.